The number of hydrogen-bond donors (Lipinski definition) is 1. The van der Waals surface area contributed by atoms with E-state index in [0.717, 1.165) is 11.2 Å². The molecule has 8 nitrogen and oxygen atoms in total. The Balaban J connectivity index is 1.80. The van der Waals surface area contributed by atoms with Crippen molar-refractivity contribution in [3.05, 3.63) is 12.5 Å². The van der Waals surface area contributed by atoms with Crippen LogP contribution in [0.5, 0.6) is 0 Å². The minimum absolute atomic E-state index is 0.145. The van der Waals surface area contributed by atoms with Gasteiger partial charge in [0.2, 0.25) is 10.0 Å². The Morgan fingerprint density at radius 2 is 2.00 bits per heavy atom. The van der Waals surface area contributed by atoms with Gasteiger partial charge in [-0.15, -0.1) is 0 Å². The molecule has 9 heteroatoms. The Morgan fingerprint density at radius 1 is 1.25 bits per heavy atom. The number of anilines is 1. The summed E-state index contributed by atoms with van der Waals surface area (Å²) in [4.78, 5) is 10.5. The van der Waals surface area contributed by atoms with Gasteiger partial charge in [-0.3, -0.25) is 5.10 Å². The fourth-order valence-corrected chi connectivity index (χ4v) is 3.45. The van der Waals surface area contributed by atoms with Crippen molar-refractivity contribution in [1.82, 2.24) is 24.5 Å². The van der Waals surface area contributed by atoms with Crippen molar-refractivity contribution < 1.29 is 8.42 Å². The van der Waals surface area contributed by atoms with Crippen LogP contribution in [0.25, 0.3) is 11.0 Å². The van der Waals surface area contributed by atoms with Crippen LogP contribution in [-0.2, 0) is 10.0 Å². The molecule has 1 aliphatic heterocycles. The van der Waals surface area contributed by atoms with Crippen molar-refractivity contribution >= 4 is 26.9 Å². The highest BCUT2D eigenvalue weighted by atomic mass is 32.2. The van der Waals surface area contributed by atoms with E-state index in [0.29, 0.717) is 31.8 Å². The molecule has 0 aromatic carbocycles. The van der Waals surface area contributed by atoms with E-state index in [1.54, 1.807) is 13.1 Å². The highest BCUT2D eigenvalue weighted by Crippen LogP contribution is 2.22. The summed E-state index contributed by atoms with van der Waals surface area (Å²) in [6.07, 6.45) is 3.19. The maximum absolute atomic E-state index is 11.8. The molecule has 0 unspecified atom stereocenters. The number of fused-ring (bicyclic) bond motifs is 1. The minimum atomic E-state index is -3.10. The van der Waals surface area contributed by atoms with Crippen LogP contribution < -0.4 is 4.90 Å². The number of sulfonamides is 1. The molecule has 1 aliphatic rings. The molecule has 0 aliphatic carbocycles. The zero-order valence-electron chi connectivity index (χ0n) is 11.2. The van der Waals surface area contributed by atoms with Gasteiger partial charge >= 0.3 is 0 Å². The second kappa shape index (κ2) is 4.98. The van der Waals surface area contributed by atoms with Gasteiger partial charge in [-0.05, 0) is 6.92 Å². The molecule has 2 aromatic heterocycles. The summed E-state index contributed by atoms with van der Waals surface area (Å²) in [5, 5.41) is 7.63. The summed E-state index contributed by atoms with van der Waals surface area (Å²) in [7, 11) is -3.10. The fourth-order valence-electron chi connectivity index (χ4n) is 2.36. The third kappa shape index (κ3) is 2.22. The smallest absolute Gasteiger partial charge is 0.213 e. The molecule has 0 bridgehead atoms. The second-order valence-corrected chi connectivity index (χ2v) is 6.87. The number of nitrogens with one attached hydrogen (secondary N) is 1. The van der Waals surface area contributed by atoms with Gasteiger partial charge < -0.3 is 4.90 Å². The predicted octanol–water partition coefficient (Wildman–Crippen LogP) is -0.175. The molecule has 20 heavy (non-hydrogen) atoms. The largest absolute Gasteiger partial charge is 0.353 e. The summed E-state index contributed by atoms with van der Waals surface area (Å²) >= 11 is 0. The monoisotopic (exact) mass is 296 g/mol. The average Bonchev–Trinajstić information content (AvgIpc) is 2.95. The molecule has 0 saturated carbocycles. The zero-order chi connectivity index (χ0) is 14.2. The fraction of sp³-hybridized carbons (Fsp3) is 0.545. The first-order valence-electron chi connectivity index (χ1n) is 6.48. The first-order valence-corrected chi connectivity index (χ1v) is 8.09. The third-order valence-corrected chi connectivity index (χ3v) is 5.40. The number of nitrogens with zero attached hydrogens (tertiary/aromatic N) is 5. The molecule has 1 fully saturated rings. The summed E-state index contributed by atoms with van der Waals surface area (Å²) in [6.45, 7) is 3.88. The molecule has 0 spiro atoms. The van der Waals surface area contributed by atoms with E-state index in [1.807, 2.05) is 0 Å². The van der Waals surface area contributed by atoms with Crippen LogP contribution >= 0.6 is 0 Å². The first-order chi connectivity index (χ1) is 9.62. The maximum atomic E-state index is 11.8. The van der Waals surface area contributed by atoms with Gasteiger partial charge in [0.15, 0.2) is 5.65 Å². The lowest BCUT2D eigenvalue weighted by atomic mass is 10.3. The van der Waals surface area contributed by atoms with Crippen molar-refractivity contribution in [3.63, 3.8) is 0 Å². The normalized spacial score (nSPS) is 17.8. The molecule has 108 valence electrons. The topological polar surface area (TPSA) is 95.1 Å². The van der Waals surface area contributed by atoms with Crippen LogP contribution in [-0.4, -0.2) is 64.8 Å². The molecular weight excluding hydrogens is 280 g/mol. The second-order valence-electron chi connectivity index (χ2n) is 4.62. The van der Waals surface area contributed by atoms with Gasteiger partial charge in [-0.25, -0.2) is 18.4 Å². The zero-order valence-corrected chi connectivity index (χ0v) is 12.0. The van der Waals surface area contributed by atoms with E-state index in [4.69, 9.17) is 0 Å². The van der Waals surface area contributed by atoms with Crippen molar-refractivity contribution in [2.75, 3.05) is 36.8 Å². The van der Waals surface area contributed by atoms with Crippen LogP contribution in [0.2, 0.25) is 0 Å². The molecule has 2 aromatic rings. The van der Waals surface area contributed by atoms with Crippen LogP contribution in [0.15, 0.2) is 12.5 Å². The summed E-state index contributed by atoms with van der Waals surface area (Å²) in [5.74, 6) is 0.948. The molecule has 0 radical (unpaired) electrons. The molecule has 3 rings (SSSR count). The highest BCUT2D eigenvalue weighted by Gasteiger charge is 2.26. The predicted molar refractivity (Wildman–Crippen MR) is 74.9 cm³/mol. The van der Waals surface area contributed by atoms with E-state index in [2.05, 4.69) is 25.1 Å². The van der Waals surface area contributed by atoms with E-state index in [1.165, 1.54) is 10.6 Å². The Morgan fingerprint density at radius 3 is 2.70 bits per heavy atom. The maximum Gasteiger partial charge on any atom is 0.213 e. The van der Waals surface area contributed by atoms with Gasteiger partial charge in [0.1, 0.15) is 12.1 Å². The number of rotatable bonds is 3. The van der Waals surface area contributed by atoms with Crippen molar-refractivity contribution in [3.8, 4) is 0 Å². The standard InChI is InChI=1S/C11H16N6O2S/c1-2-20(18,19)17-5-3-16(4-6-17)11-9-7-14-15-10(9)12-8-13-11/h7-8H,2-6H2,1H3,(H,12,13,14,15). The molecule has 1 N–H and O–H groups in total. The Labute approximate surface area is 116 Å². The molecular formula is C11H16N6O2S. The van der Waals surface area contributed by atoms with Crippen molar-refractivity contribution in [2.24, 2.45) is 0 Å². The van der Waals surface area contributed by atoms with Crippen molar-refractivity contribution in [2.45, 2.75) is 6.92 Å². The van der Waals surface area contributed by atoms with Gasteiger partial charge in [0.05, 0.1) is 17.3 Å². The molecule has 3 heterocycles. The van der Waals surface area contributed by atoms with Crippen LogP contribution in [0.3, 0.4) is 0 Å². The van der Waals surface area contributed by atoms with Gasteiger partial charge in [0.25, 0.3) is 0 Å². The van der Waals surface area contributed by atoms with E-state index in [-0.39, 0.29) is 5.75 Å². The number of aromatic amines is 1. The minimum Gasteiger partial charge on any atom is -0.353 e. The molecule has 1 saturated heterocycles. The van der Waals surface area contributed by atoms with Crippen LogP contribution in [0, 0.1) is 0 Å². The summed E-state index contributed by atoms with van der Waals surface area (Å²) in [5.41, 5.74) is 0.693. The summed E-state index contributed by atoms with van der Waals surface area (Å²) in [6, 6.07) is 0. The SMILES string of the molecule is CCS(=O)(=O)N1CCN(c2ncnc3[nH]ncc23)CC1. The number of aromatic nitrogens is 4. The molecule has 0 atom stereocenters. The van der Waals surface area contributed by atoms with Gasteiger partial charge in [-0.1, -0.05) is 0 Å². The Bertz CT molecular complexity index is 705. The number of hydrogen-bond acceptors (Lipinski definition) is 6. The lowest BCUT2D eigenvalue weighted by Gasteiger charge is -2.34. The van der Waals surface area contributed by atoms with Crippen LogP contribution in [0.1, 0.15) is 6.92 Å². The first kappa shape index (κ1) is 13.3. The van der Waals surface area contributed by atoms with E-state index < -0.39 is 10.0 Å². The molecule has 0 amide bonds. The lowest BCUT2D eigenvalue weighted by molar-refractivity contribution is 0.385. The average molecular weight is 296 g/mol. The Kier molecular flexibility index (Phi) is 3.30. The quantitative estimate of drug-likeness (QED) is 0.844. The Hall–Kier alpha value is -1.74. The van der Waals surface area contributed by atoms with Gasteiger partial charge in [0, 0.05) is 26.2 Å². The number of H-pyrrole nitrogens is 1. The summed E-state index contributed by atoms with van der Waals surface area (Å²) < 4.78 is 25.2. The third-order valence-electron chi connectivity index (χ3n) is 3.52. The number of piperazine rings is 1. The van der Waals surface area contributed by atoms with Crippen molar-refractivity contribution in [1.29, 1.82) is 0 Å². The van der Waals surface area contributed by atoms with Crippen LogP contribution in [0.4, 0.5) is 5.82 Å². The van der Waals surface area contributed by atoms with E-state index >= 15 is 0 Å². The van der Waals surface area contributed by atoms with Gasteiger partial charge in [-0.2, -0.15) is 9.40 Å². The van der Waals surface area contributed by atoms with E-state index in [9.17, 15) is 8.42 Å². The highest BCUT2D eigenvalue weighted by molar-refractivity contribution is 7.89. The lowest BCUT2D eigenvalue weighted by Crippen LogP contribution is -2.49.